The first-order valence-electron chi connectivity index (χ1n) is 5.15. The van der Waals surface area contributed by atoms with Gasteiger partial charge in [0.05, 0.1) is 11.8 Å². The molecule has 92 valence electrons. The highest BCUT2D eigenvalue weighted by Gasteiger charge is 2.10. The SMILES string of the molecule is O=C(CO)Nc1ccc(C(=O)c2cnsc2)cc1. The van der Waals surface area contributed by atoms with E-state index in [0.717, 1.165) is 0 Å². The molecule has 0 radical (unpaired) electrons. The summed E-state index contributed by atoms with van der Waals surface area (Å²) < 4.78 is 3.87. The fraction of sp³-hybridized carbons (Fsp3) is 0.0833. The average Bonchev–Trinajstić information content (AvgIpc) is 2.92. The third-order valence-corrected chi connectivity index (χ3v) is 2.86. The molecule has 0 saturated heterocycles. The van der Waals surface area contributed by atoms with Crippen LogP contribution >= 0.6 is 11.5 Å². The predicted octanol–water partition coefficient (Wildman–Crippen LogP) is 1.30. The van der Waals surface area contributed by atoms with Crippen LogP contribution in [-0.2, 0) is 4.79 Å². The largest absolute Gasteiger partial charge is 0.387 e. The molecule has 6 heteroatoms. The number of hydrogen-bond donors (Lipinski definition) is 2. The number of nitrogens with one attached hydrogen (secondary N) is 1. The number of anilines is 1. The molecule has 5 nitrogen and oxygen atoms in total. The van der Waals surface area contributed by atoms with Crippen molar-refractivity contribution in [1.82, 2.24) is 4.37 Å². The van der Waals surface area contributed by atoms with Gasteiger partial charge in [0.15, 0.2) is 5.78 Å². The zero-order valence-corrected chi connectivity index (χ0v) is 10.1. The van der Waals surface area contributed by atoms with Crippen molar-refractivity contribution in [3.8, 4) is 0 Å². The summed E-state index contributed by atoms with van der Waals surface area (Å²) in [7, 11) is 0. The molecule has 0 saturated carbocycles. The minimum absolute atomic E-state index is 0.108. The number of benzene rings is 1. The Morgan fingerprint density at radius 1 is 1.22 bits per heavy atom. The minimum atomic E-state index is -0.568. The molecule has 0 unspecified atom stereocenters. The Labute approximate surface area is 107 Å². The number of aliphatic hydroxyl groups is 1. The number of rotatable bonds is 4. The van der Waals surface area contributed by atoms with E-state index in [2.05, 4.69) is 9.69 Å². The van der Waals surface area contributed by atoms with Gasteiger partial charge in [-0.05, 0) is 35.8 Å². The summed E-state index contributed by atoms with van der Waals surface area (Å²) in [5.74, 6) is -0.597. The van der Waals surface area contributed by atoms with Gasteiger partial charge in [0.25, 0.3) is 0 Å². The van der Waals surface area contributed by atoms with Crippen molar-refractivity contribution in [3.05, 3.63) is 47.0 Å². The van der Waals surface area contributed by atoms with Crippen molar-refractivity contribution < 1.29 is 14.7 Å². The fourth-order valence-corrected chi connectivity index (χ4v) is 1.91. The van der Waals surface area contributed by atoms with E-state index in [4.69, 9.17) is 5.11 Å². The van der Waals surface area contributed by atoms with Gasteiger partial charge in [-0.15, -0.1) is 0 Å². The number of carbonyl (C=O) groups excluding carboxylic acids is 2. The van der Waals surface area contributed by atoms with Gasteiger partial charge in [-0.2, -0.15) is 0 Å². The molecule has 0 spiro atoms. The number of aromatic nitrogens is 1. The topological polar surface area (TPSA) is 79.3 Å². The molecule has 2 rings (SSSR count). The van der Waals surface area contributed by atoms with Gasteiger partial charge in [0.1, 0.15) is 6.61 Å². The summed E-state index contributed by atoms with van der Waals surface area (Å²) in [5.41, 5.74) is 1.61. The molecule has 1 aromatic heterocycles. The van der Waals surface area contributed by atoms with Crippen LogP contribution in [0.2, 0.25) is 0 Å². The number of amides is 1. The van der Waals surface area contributed by atoms with Crippen LogP contribution in [0, 0.1) is 0 Å². The molecule has 0 atom stereocenters. The Bertz CT molecular complexity index is 549. The van der Waals surface area contributed by atoms with Crippen molar-refractivity contribution in [2.24, 2.45) is 0 Å². The zero-order valence-electron chi connectivity index (χ0n) is 9.29. The van der Waals surface area contributed by atoms with E-state index >= 15 is 0 Å². The summed E-state index contributed by atoms with van der Waals surface area (Å²) >= 11 is 1.22. The molecular weight excluding hydrogens is 252 g/mol. The summed E-state index contributed by atoms with van der Waals surface area (Å²) in [4.78, 5) is 22.9. The molecule has 18 heavy (non-hydrogen) atoms. The second-order valence-corrected chi connectivity index (χ2v) is 4.18. The first kappa shape index (κ1) is 12.4. The van der Waals surface area contributed by atoms with Gasteiger partial charge in [0.2, 0.25) is 5.91 Å². The monoisotopic (exact) mass is 262 g/mol. The van der Waals surface area contributed by atoms with Crippen LogP contribution in [0.3, 0.4) is 0 Å². The van der Waals surface area contributed by atoms with E-state index in [0.29, 0.717) is 16.8 Å². The predicted molar refractivity (Wildman–Crippen MR) is 67.7 cm³/mol. The van der Waals surface area contributed by atoms with Crippen LogP contribution in [0.25, 0.3) is 0 Å². The van der Waals surface area contributed by atoms with Gasteiger partial charge in [-0.1, -0.05) is 0 Å². The third-order valence-electron chi connectivity index (χ3n) is 2.27. The van der Waals surface area contributed by atoms with E-state index in [1.165, 1.54) is 17.7 Å². The van der Waals surface area contributed by atoms with Gasteiger partial charge in [-0.3, -0.25) is 9.59 Å². The van der Waals surface area contributed by atoms with Crippen molar-refractivity contribution in [3.63, 3.8) is 0 Å². The third kappa shape index (κ3) is 2.79. The molecule has 2 aromatic rings. The lowest BCUT2D eigenvalue weighted by Gasteiger charge is -2.04. The Balaban J connectivity index is 2.13. The highest BCUT2D eigenvalue weighted by atomic mass is 32.1. The molecule has 1 heterocycles. The molecule has 0 bridgehead atoms. The van der Waals surface area contributed by atoms with Gasteiger partial charge in [-0.25, -0.2) is 4.37 Å². The molecule has 2 N–H and O–H groups in total. The second-order valence-electron chi connectivity index (χ2n) is 3.53. The summed E-state index contributed by atoms with van der Waals surface area (Å²) in [6.45, 7) is -0.568. The van der Waals surface area contributed by atoms with Crippen LogP contribution < -0.4 is 5.32 Å². The maximum absolute atomic E-state index is 11.9. The molecule has 0 aliphatic heterocycles. The Kier molecular flexibility index (Phi) is 3.81. The Hall–Kier alpha value is -2.05. The highest BCUT2D eigenvalue weighted by Crippen LogP contribution is 2.14. The highest BCUT2D eigenvalue weighted by molar-refractivity contribution is 7.03. The summed E-state index contributed by atoms with van der Waals surface area (Å²) in [6, 6.07) is 6.46. The summed E-state index contributed by atoms with van der Waals surface area (Å²) in [6.07, 6.45) is 1.52. The zero-order chi connectivity index (χ0) is 13.0. The maximum Gasteiger partial charge on any atom is 0.250 e. The van der Waals surface area contributed by atoms with E-state index in [-0.39, 0.29) is 5.78 Å². The lowest BCUT2D eigenvalue weighted by molar-refractivity contribution is -0.118. The van der Waals surface area contributed by atoms with Gasteiger partial charge >= 0.3 is 0 Å². The molecular formula is C12H10N2O3S. The Morgan fingerprint density at radius 2 is 1.94 bits per heavy atom. The standard InChI is InChI=1S/C12H10N2O3S/c15-6-11(16)14-10-3-1-8(2-4-10)12(17)9-5-13-18-7-9/h1-5,7,15H,6H2,(H,14,16). The lowest BCUT2D eigenvalue weighted by atomic mass is 10.1. The lowest BCUT2D eigenvalue weighted by Crippen LogP contribution is -2.15. The Morgan fingerprint density at radius 3 is 2.50 bits per heavy atom. The normalized spacial score (nSPS) is 10.1. The second kappa shape index (κ2) is 5.52. The maximum atomic E-state index is 11.9. The van der Waals surface area contributed by atoms with E-state index in [1.54, 1.807) is 29.6 Å². The van der Waals surface area contributed by atoms with Crippen LogP contribution in [0.5, 0.6) is 0 Å². The van der Waals surface area contributed by atoms with E-state index in [9.17, 15) is 9.59 Å². The average molecular weight is 262 g/mol. The van der Waals surface area contributed by atoms with Crippen LogP contribution in [0.4, 0.5) is 5.69 Å². The smallest absolute Gasteiger partial charge is 0.250 e. The van der Waals surface area contributed by atoms with E-state index in [1.807, 2.05) is 0 Å². The van der Waals surface area contributed by atoms with Gasteiger partial charge < -0.3 is 10.4 Å². The van der Waals surface area contributed by atoms with Crippen LogP contribution in [-0.4, -0.2) is 27.8 Å². The first-order chi connectivity index (χ1) is 8.70. The number of aliphatic hydroxyl groups excluding tert-OH is 1. The van der Waals surface area contributed by atoms with Crippen molar-refractivity contribution in [2.45, 2.75) is 0 Å². The molecule has 0 aliphatic rings. The quantitative estimate of drug-likeness (QED) is 0.814. The minimum Gasteiger partial charge on any atom is -0.387 e. The molecule has 0 aliphatic carbocycles. The number of ketones is 1. The first-order valence-corrected chi connectivity index (χ1v) is 5.99. The molecule has 0 fully saturated rings. The number of nitrogens with zero attached hydrogens (tertiary/aromatic N) is 1. The fourth-order valence-electron chi connectivity index (χ4n) is 1.39. The van der Waals surface area contributed by atoms with E-state index < -0.39 is 12.5 Å². The summed E-state index contributed by atoms with van der Waals surface area (Å²) in [5, 5.41) is 12.8. The molecule has 1 amide bonds. The van der Waals surface area contributed by atoms with Crippen molar-refractivity contribution in [2.75, 3.05) is 11.9 Å². The van der Waals surface area contributed by atoms with Crippen LogP contribution in [0.1, 0.15) is 15.9 Å². The number of carbonyl (C=O) groups is 2. The number of hydrogen-bond acceptors (Lipinski definition) is 5. The van der Waals surface area contributed by atoms with Gasteiger partial charge in [0, 0.05) is 16.6 Å². The molecule has 1 aromatic carbocycles. The van der Waals surface area contributed by atoms with Crippen LogP contribution in [0.15, 0.2) is 35.8 Å². The van der Waals surface area contributed by atoms with Crippen molar-refractivity contribution in [1.29, 1.82) is 0 Å². The van der Waals surface area contributed by atoms with Crippen molar-refractivity contribution >= 4 is 28.9 Å².